The summed E-state index contributed by atoms with van der Waals surface area (Å²) in [5.41, 5.74) is 0.134. The van der Waals surface area contributed by atoms with Crippen molar-refractivity contribution in [2.24, 2.45) is 0 Å². The van der Waals surface area contributed by atoms with Crippen LogP contribution in [-0.2, 0) is 0 Å². The molecule has 5 nitrogen and oxygen atoms in total. The topological polar surface area (TPSA) is 64.4 Å². The van der Waals surface area contributed by atoms with Crippen molar-refractivity contribution in [1.29, 1.82) is 0 Å². The van der Waals surface area contributed by atoms with Gasteiger partial charge in [-0.3, -0.25) is 4.68 Å². The third-order valence-corrected chi connectivity index (χ3v) is 2.04. The summed E-state index contributed by atoms with van der Waals surface area (Å²) in [7, 11) is 1.42. The molecule has 0 aromatic carbocycles. The molecule has 0 aliphatic heterocycles. The standard InChI is InChI=1S/C8H10N2O3/c1-13-7-6(8(11)12)4-10(9-7)5-2-3-5/h4-5H,2-3H2,1H3,(H,11,12). The molecule has 1 heterocycles. The zero-order valence-corrected chi connectivity index (χ0v) is 7.23. The van der Waals surface area contributed by atoms with Gasteiger partial charge in [-0.15, -0.1) is 5.10 Å². The first kappa shape index (κ1) is 8.10. The first-order valence-electron chi connectivity index (χ1n) is 4.09. The average Bonchev–Trinajstić information content (AvgIpc) is 2.84. The fourth-order valence-electron chi connectivity index (χ4n) is 1.20. The SMILES string of the molecule is COc1nn(C2CC2)cc1C(=O)O. The molecule has 0 amide bonds. The number of carboxylic acid groups (broad SMARTS) is 1. The molecule has 5 heteroatoms. The summed E-state index contributed by atoms with van der Waals surface area (Å²) in [5, 5.41) is 12.8. The molecule has 70 valence electrons. The molecule has 0 saturated heterocycles. The van der Waals surface area contributed by atoms with Gasteiger partial charge >= 0.3 is 5.97 Å². The Bertz CT molecular complexity index is 341. The third-order valence-electron chi connectivity index (χ3n) is 2.04. The summed E-state index contributed by atoms with van der Waals surface area (Å²) in [6.07, 6.45) is 3.67. The van der Waals surface area contributed by atoms with E-state index in [-0.39, 0.29) is 11.4 Å². The molecule has 13 heavy (non-hydrogen) atoms. The van der Waals surface area contributed by atoms with Crippen molar-refractivity contribution in [3.63, 3.8) is 0 Å². The monoisotopic (exact) mass is 182 g/mol. The Morgan fingerprint density at radius 1 is 1.77 bits per heavy atom. The van der Waals surface area contributed by atoms with Crippen LogP contribution in [0.4, 0.5) is 0 Å². The predicted molar refractivity (Wildman–Crippen MR) is 44.0 cm³/mol. The first-order chi connectivity index (χ1) is 6.22. The van der Waals surface area contributed by atoms with E-state index in [1.54, 1.807) is 4.68 Å². The Morgan fingerprint density at radius 2 is 2.46 bits per heavy atom. The molecule has 0 atom stereocenters. The van der Waals surface area contributed by atoms with Crippen LogP contribution >= 0.6 is 0 Å². The third kappa shape index (κ3) is 1.37. The number of nitrogens with zero attached hydrogens (tertiary/aromatic N) is 2. The van der Waals surface area contributed by atoms with Crippen LogP contribution in [0.5, 0.6) is 5.88 Å². The Labute approximate surface area is 74.9 Å². The van der Waals surface area contributed by atoms with Crippen molar-refractivity contribution >= 4 is 5.97 Å². The molecule has 1 saturated carbocycles. The van der Waals surface area contributed by atoms with Crippen LogP contribution in [0.3, 0.4) is 0 Å². The lowest BCUT2D eigenvalue weighted by Crippen LogP contribution is -1.97. The Balaban J connectivity index is 2.36. The molecule has 2 rings (SSSR count). The number of methoxy groups -OCH3 is 1. The highest BCUT2D eigenvalue weighted by atomic mass is 16.5. The fourth-order valence-corrected chi connectivity index (χ4v) is 1.20. The van der Waals surface area contributed by atoms with E-state index in [9.17, 15) is 4.79 Å². The molecule has 0 bridgehead atoms. The molecule has 1 aromatic rings. The van der Waals surface area contributed by atoms with Crippen LogP contribution in [0, 0.1) is 0 Å². The number of ether oxygens (including phenoxy) is 1. The van der Waals surface area contributed by atoms with E-state index in [0.29, 0.717) is 6.04 Å². The van der Waals surface area contributed by atoms with Gasteiger partial charge in [0.05, 0.1) is 13.2 Å². The molecule has 1 aromatic heterocycles. The lowest BCUT2D eigenvalue weighted by atomic mass is 10.3. The lowest BCUT2D eigenvalue weighted by molar-refractivity contribution is 0.0693. The molecule has 1 N–H and O–H groups in total. The maximum Gasteiger partial charge on any atom is 0.342 e. The molecular formula is C8H10N2O3. The second-order valence-corrected chi connectivity index (χ2v) is 3.07. The van der Waals surface area contributed by atoms with E-state index in [1.165, 1.54) is 13.3 Å². The average molecular weight is 182 g/mol. The smallest absolute Gasteiger partial charge is 0.342 e. The van der Waals surface area contributed by atoms with Crippen molar-refractivity contribution in [2.75, 3.05) is 7.11 Å². The van der Waals surface area contributed by atoms with Crippen LogP contribution in [0.15, 0.2) is 6.20 Å². The van der Waals surface area contributed by atoms with Crippen molar-refractivity contribution < 1.29 is 14.6 Å². The fraction of sp³-hybridized carbons (Fsp3) is 0.500. The second-order valence-electron chi connectivity index (χ2n) is 3.07. The summed E-state index contributed by atoms with van der Waals surface area (Å²) < 4.78 is 6.52. The van der Waals surface area contributed by atoms with Crippen LogP contribution in [0.2, 0.25) is 0 Å². The van der Waals surface area contributed by atoms with Crippen molar-refractivity contribution in [3.8, 4) is 5.88 Å². The minimum atomic E-state index is -0.997. The summed E-state index contributed by atoms with van der Waals surface area (Å²) in [6, 6.07) is 0.377. The van der Waals surface area contributed by atoms with Crippen LogP contribution < -0.4 is 4.74 Å². The van der Waals surface area contributed by atoms with Crippen molar-refractivity contribution in [1.82, 2.24) is 9.78 Å². The molecular weight excluding hydrogens is 172 g/mol. The van der Waals surface area contributed by atoms with Gasteiger partial charge in [0.1, 0.15) is 5.56 Å². The summed E-state index contributed by atoms with van der Waals surface area (Å²) in [5.74, 6) is -0.803. The van der Waals surface area contributed by atoms with E-state index >= 15 is 0 Å². The highest BCUT2D eigenvalue weighted by Gasteiger charge is 2.27. The van der Waals surface area contributed by atoms with Gasteiger partial charge in [0, 0.05) is 6.20 Å². The molecule has 1 aliphatic carbocycles. The molecule has 0 radical (unpaired) electrons. The zero-order chi connectivity index (χ0) is 9.42. The van der Waals surface area contributed by atoms with E-state index < -0.39 is 5.97 Å². The van der Waals surface area contributed by atoms with Gasteiger partial charge in [-0.2, -0.15) is 0 Å². The number of aromatic nitrogens is 2. The van der Waals surface area contributed by atoms with Crippen LogP contribution in [0.25, 0.3) is 0 Å². The van der Waals surface area contributed by atoms with E-state index in [1.807, 2.05) is 0 Å². The Hall–Kier alpha value is -1.52. The number of hydrogen-bond acceptors (Lipinski definition) is 3. The summed E-state index contributed by atoms with van der Waals surface area (Å²) in [4.78, 5) is 10.7. The summed E-state index contributed by atoms with van der Waals surface area (Å²) >= 11 is 0. The van der Waals surface area contributed by atoms with Gasteiger partial charge in [0.2, 0.25) is 5.88 Å². The highest BCUT2D eigenvalue weighted by Crippen LogP contribution is 2.35. The number of rotatable bonds is 3. The van der Waals surface area contributed by atoms with Crippen LogP contribution in [0.1, 0.15) is 29.2 Å². The van der Waals surface area contributed by atoms with E-state index in [2.05, 4.69) is 5.10 Å². The van der Waals surface area contributed by atoms with Gasteiger partial charge in [-0.05, 0) is 12.8 Å². The quantitative estimate of drug-likeness (QED) is 0.755. The summed E-state index contributed by atoms with van der Waals surface area (Å²) in [6.45, 7) is 0. The maximum atomic E-state index is 10.7. The lowest BCUT2D eigenvalue weighted by Gasteiger charge is -1.94. The minimum Gasteiger partial charge on any atom is -0.479 e. The molecule has 0 unspecified atom stereocenters. The Morgan fingerprint density at radius 3 is 2.85 bits per heavy atom. The zero-order valence-electron chi connectivity index (χ0n) is 7.23. The van der Waals surface area contributed by atoms with E-state index in [0.717, 1.165) is 12.8 Å². The molecule has 1 aliphatic rings. The first-order valence-corrected chi connectivity index (χ1v) is 4.09. The normalized spacial score (nSPS) is 15.8. The molecule has 0 spiro atoms. The number of carbonyl (C=O) groups is 1. The number of carboxylic acids is 1. The van der Waals surface area contributed by atoms with Crippen molar-refractivity contribution in [2.45, 2.75) is 18.9 Å². The number of aromatic carboxylic acids is 1. The van der Waals surface area contributed by atoms with Crippen LogP contribution in [-0.4, -0.2) is 28.0 Å². The number of hydrogen-bond donors (Lipinski definition) is 1. The van der Waals surface area contributed by atoms with Gasteiger partial charge in [0.15, 0.2) is 0 Å². The molecule has 1 fully saturated rings. The van der Waals surface area contributed by atoms with Gasteiger partial charge < -0.3 is 9.84 Å². The van der Waals surface area contributed by atoms with Gasteiger partial charge in [-0.1, -0.05) is 0 Å². The maximum absolute atomic E-state index is 10.7. The van der Waals surface area contributed by atoms with Gasteiger partial charge in [-0.25, -0.2) is 4.79 Å². The van der Waals surface area contributed by atoms with Gasteiger partial charge in [0.25, 0.3) is 0 Å². The Kier molecular flexibility index (Phi) is 1.72. The van der Waals surface area contributed by atoms with E-state index in [4.69, 9.17) is 9.84 Å². The van der Waals surface area contributed by atoms with Crippen molar-refractivity contribution in [3.05, 3.63) is 11.8 Å². The second kappa shape index (κ2) is 2.76. The largest absolute Gasteiger partial charge is 0.479 e. The predicted octanol–water partition coefficient (Wildman–Crippen LogP) is 0.925. The minimum absolute atomic E-state index is 0.134. The highest BCUT2D eigenvalue weighted by molar-refractivity contribution is 5.89.